The molecule has 0 unspecified atom stereocenters. The highest BCUT2D eigenvalue weighted by Gasteiger charge is 2.42. The van der Waals surface area contributed by atoms with Gasteiger partial charge in [-0.25, -0.2) is 0 Å². The van der Waals surface area contributed by atoms with E-state index in [0.29, 0.717) is 19.4 Å². The van der Waals surface area contributed by atoms with E-state index >= 15 is 0 Å². The molecule has 2 rings (SSSR count). The minimum absolute atomic E-state index is 0.0831. The predicted molar refractivity (Wildman–Crippen MR) is 72.3 cm³/mol. The van der Waals surface area contributed by atoms with Gasteiger partial charge in [-0.05, 0) is 32.1 Å². The maximum Gasteiger partial charge on any atom is 0.240 e. The number of nitrogens with zero attached hydrogens (tertiary/aromatic N) is 1. The zero-order chi connectivity index (χ0) is 13.8. The molecule has 106 valence electrons. The van der Waals surface area contributed by atoms with Crippen LogP contribution in [-0.2, 0) is 9.53 Å². The normalized spacial score (nSPS) is 24.6. The summed E-state index contributed by atoms with van der Waals surface area (Å²) in [7, 11) is 1.71. The Morgan fingerprint density at radius 1 is 1.16 bits per heavy atom. The lowest BCUT2D eigenvalue weighted by molar-refractivity contribution is -0.132. The average Bonchev–Trinajstić information content (AvgIpc) is 2.64. The minimum Gasteiger partial charge on any atom is -0.376 e. The molecule has 4 heteroatoms. The standard InChI is InChI=1S/C15H24N2O2/c1-19-15(9-6-10-15)12-17-13(18)14(11-16)7-4-2-3-5-8-14/h2-10,12H2,1H3,(H,17,18). The van der Waals surface area contributed by atoms with Crippen molar-refractivity contribution in [2.45, 2.75) is 63.4 Å². The SMILES string of the molecule is COC1(CNC(=O)C2(C#N)CCCCCC2)CCC1. The Morgan fingerprint density at radius 3 is 2.21 bits per heavy atom. The Bertz CT molecular complexity index is 355. The topological polar surface area (TPSA) is 62.1 Å². The fourth-order valence-corrected chi connectivity index (χ4v) is 3.16. The van der Waals surface area contributed by atoms with Crippen LogP contribution in [0, 0.1) is 16.7 Å². The molecule has 0 aliphatic heterocycles. The lowest BCUT2D eigenvalue weighted by Gasteiger charge is -2.41. The van der Waals surface area contributed by atoms with Crippen LogP contribution in [0.3, 0.4) is 0 Å². The van der Waals surface area contributed by atoms with E-state index in [0.717, 1.165) is 44.9 Å². The molecule has 1 N–H and O–H groups in total. The molecule has 0 atom stereocenters. The van der Waals surface area contributed by atoms with Gasteiger partial charge < -0.3 is 10.1 Å². The van der Waals surface area contributed by atoms with E-state index in [1.807, 2.05) is 0 Å². The largest absolute Gasteiger partial charge is 0.376 e. The van der Waals surface area contributed by atoms with E-state index in [-0.39, 0.29) is 11.5 Å². The molecule has 19 heavy (non-hydrogen) atoms. The second kappa shape index (κ2) is 5.92. The van der Waals surface area contributed by atoms with E-state index < -0.39 is 5.41 Å². The third-order valence-electron chi connectivity index (χ3n) is 4.87. The summed E-state index contributed by atoms with van der Waals surface area (Å²) in [4.78, 5) is 12.4. The number of carbonyl (C=O) groups is 1. The number of ether oxygens (including phenoxy) is 1. The van der Waals surface area contributed by atoms with Crippen molar-refractivity contribution in [1.29, 1.82) is 5.26 Å². The predicted octanol–water partition coefficient (Wildman–Crippen LogP) is 2.54. The number of carbonyl (C=O) groups excluding carboxylic acids is 1. The van der Waals surface area contributed by atoms with Crippen LogP contribution in [0.25, 0.3) is 0 Å². The fourth-order valence-electron chi connectivity index (χ4n) is 3.16. The molecule has 0 aromatic rings. The molecule has 0 spiro atoms. The van der Waals surface area contributed by atoms with Crippen molar-refractivity contribution in [3.63, 3.8) is 0 Å². The number of methoxy groups -OCH3 is 1. The van der Waals surface area contributed by atoms with Gasteiger partial charge in [0.25, 0.3) is 0 Å². The molecule has 0 bridgehead atoms. The van der Waals surface area contributed by atoms with Crippen molar-refractivity contribution in [2.75, 3.05) is 13.7 Å². The summed E-state index contributed by atoms with van der Waals surface area (Å²) in [6.45, 7) is 0.547. The fraction of sp³-hybridized carbons (Fsp3) is 0.867. The van der Waals surface area contributed by atoms with Gasteiger partial charge in [-0.15, -0.1) is 0 Å². The Kier molecular flexibility index (Phi) is 4.46. The number of amides is 1. The summed E-state index contributed by atoms with van der Waals surface area (Å²) in [6, 6.07) is 2.29. The summed E-state index contributed by atoms with van der Waals surface area (Å²) in [5.41, 5.74) is -0.966. The van der Waals surface area contributed by atoms with Crippen molar-refractivity contribution >= 4 is 5.91 Å². The summed E-state index contributed by atoms with van der Waals surface area (Å²) < 4.78 is 5.51. The molecule has 4 nitrogen and oxygen atoms in total. The van der Waals surface area contributed by atoms with Gasteiger partial charge in [0.2, 0.25) is 5.91 Å². The molecular weight excluding hydrogens is 240 g/mol. The first-order valence-electron chi connectivity index (χ1n) is 7.41. The van der Waals surface area contributed by atoms with E-state index in [9.17, 15) is 10.1 Å². The summed E-state index contributed by atoms with van der Waals surface area (Å²) in [5, 5.41) is 12.4. The van der Waals surface area contributed by atoms with E-state index in [1.54, 1.807) is 7.11 Å². The van der Waals surface area contributed by atoms with Crippen LogP contribution in [0.5, 0.6) is 0 Å². The lowest BCUT2D eigenvalue weighted by Crippen LogP contribution is -2.52. The molecule has 0 aromatic heterocycles. The first-order chi connectivity index (χ1) is 9.16. The van der Waals surface area contributed by atoms with Gasteiger partial charge in [-0.3, -0.25) is 4.79 Å². The van der Waals surface area contributed by atoms with E-state index in [4.69, 9.17) is 4.74 Å². The van der Waals surface area contributed by atoms with Gasteiger partial charge in [0, 0.05) is 13.7 Å². The molecule has 1 amide bonds. The van der Waals surface area contributed by atoms with Crippen molar-refractivity contribution in [3.05, 3.63) is 0 Å². The number of hydrogen-bond donors (Lipinski definition) is 1. The smallest absolute Gasteiger partial charge is 0.240 e. The quantitative estimate of drug-likeness (QED) is 0.794. The molecule has 0 heterocycles. The van der Waals surface area contributed by atoms with Crippen LogP contribution in [0.2, 0.25) is 0 Å². The molecular formula is C15H24N2O2. The highest BCUT2D eigenvalue weighted by atomic mass is 16.5. The first kappa shape index (κ1) is 14.3. The Labute approximate surface area is 115 Å². The Balaban J connectivity index is 1.95. The Hall–Kier alpha value is -1.08. The molecule has 2 aliphatic carbocycles. The molecule has 2 saturated carbocycles. The lowest BCUT2D eigenvalue weighted by atomic mass is 9.78. The molecule has 2 aliphatic rings. The third kappa shape index (κ3) is 2.92. The number of hydrogen-bond acceptors (Lipinski definition) is 3. The van der Waals surface area contributed by atoms with Crippen LogP contribution < -0.4 is 5.32 Å². The van der Waals surface area contributed by atoms with Crippen molar-refractivity contribution in [3.8, 4) is 6.07 Å². The van der Waals surface area contributed by atoms with Gasteiger partial charge >= 0.3 is 0 Å². The van der Waals surface area contributed by atoms with Gasteiger partial charge in [0.1, 0.15) is 5.41 Å². The molecule has 0 saturated heterocycles. The maximum atomic E-state index is 12.4. The number of nitrogens with one attached hydrogen (secondary N) is 1. The second-order valence-corrected chi connectivity index (χ2v) is 6.03. The van der Waals surface area contributed by atoms with Crippen LogP contribution >= 0.6 is 0 Å². The van der Waals surface area contributed by atoms with Crippen molar-refractivity contribution < 1.29 is 9.53 Å². The van der Waals surface area contributed by atoms with Gasteiger partial charge in [-0.1, -0.05) is 25.7 Å². The maximum absolute atomic E-state index is 12.4. The highest BCUT2D eigenvalue weighted by molar-refractivity contribution is 5.85. The molecule has 2 fully saturated rings. The van der Waals surface area contributed by atoms with Crippen molar-refractivity contribution in [1.82, 2.24) is 5.32 Å². The second-order valence-electron chi connectivity index (χ2n) is 6.03. The zero-order valence-corrected chi connectivity index (χ0v) is 11.8. The summed E-state index contributed by atoms with van der Waals surface area (Å²) >= 11 is 0. The van der Waals surface area contributed by atoms with Gasteiger partial charge in [0.15, 0.2) is 0 Å². The monoisotopic (exact) mass is 264 g/mol. The third-order valence-corrected chi connectivity index (χ3v) is 4.87. The molecule has 0 radical (unpaired) electrons. The van der Waals surface area contributed by atoms with Crippen molar-refractivity contribution in [2.24, 2.45) is 5.41 Å². The zero-order valence-electron chi connectivity index (χ0n) is 11.8. The number of rotatable bonds is 4. The van der Waals surface area contributed by atoms with Crippen LogP contribution in [-0.4, -0.2) is 25.2 Å². The minimum atomic E-state index is -0.796. The van der Waals surface area contributed by atoms with E-state index in [2.05, 4.69) is 11.4 Å². The van der Waals surface area contributed by atoms with Crippen LogP contribution in [0.4, 0.5) is 0 Å². The van der Waals surface area contributed by atoms with Crippen LogP contribution in [0.15, 0.2) is 0 Å². The van der Waals surface area contributed by atoms with Gasteiger partial charge in [-0.2, -0.15) is 5.26 Å². The molecule has 0 aromatic carbocycles. The van der Waals surface area contributed by atoms with E-state index in [1.165, 1.54) is 0 Å². The Morgan fingerprint density at radius 2 is 1.79 bits per heavy atom. The summed E-state index contributed by atoms with van der Waals surface area (Å²) in [6.07, 6.45) is 8.81. The summed E-state index contributed by atoms with van der Waals surface area (Å²) in [5.74, 6) is -0.0831. The first-order valence-corrected chi connectivity index (χ1v) is 7.41. The van der Waals surface area contributed by atoms with Gasteiger partial charge in [0.05, 0.1) is 11.7 Å². The number of nitriles is 1. The van der Waals surface area contributed by atoms with Crippen LogP contribution in [0.1, 0.15) is 57.8 Å². The average molecular weight is 264 g/mol. The highest BCUT2D eigenvalue weighted by Crippen LogP contribution is 2.37.